The molecule has 0 aliphatic rings. The number of benzene rings is 1. The van der Waals surface area contributed by atoms with E-state index in [1.54, 1.807) is 38.5 Å². The maximum atomic E-state index is 10.7. The molecule has 0 fully saturated rings. The number of carboxylic acids is 1. The molecule has 21 heavy (non-hydrogen) atoms. The van der Waals surface area contributed by atoms with E-state index in [4.69, 9.17) is 14.6 Å². The number of ether oxygens (including phenoxy) is 2. The van der Waals surface area contributed by atoms with Crippen LogP contribution in [-0.4, -0.2) is 49.6 Å². The van der Waals surface area contributed by atoms with E-state index in [0.717, 1.165) is 5.56 Å². The highest BCUT2D eigenvalue weighted by atomic mass is 16.5. The average molecular weight is 297 g/mol. The van der Waals surface area contributed by atoms with Gasteiger partial charge in [-0.1, -0.05) is 12.1 Å². The van der Waals surface area contributed by atoms with Crippen LogP contribution in [0.25, 0.3) is 0 Å². The topological polar surface area (TPSA) is 88.0 Å². The zero-order valence-corrected chi connectivity index (χ0v) is 12.4. The maximum Gasteiger partial charge on any atom is 0.303 e. The minimum Gasteiger partial charge on any atom is -0.497 e. The lowest BCUT2D eigenvalue weighted by molar-refractivity contribution is -0.137. The van der Waals surface area contributed by atoms with E-state index in [2.05, 4.69) is 5.32 Å². The predicted molar refractivity (Wildman–Crippen MR) is 78.5 cm³/mol. The van der Waals surface area contributed by atoms with Gasteiger partial charge in [0.1, 0.15) is 5.75 Å². The minimum atomic E-state index is -0.879. The SMILES string of the molecule is COCCNC(CCC(=O)O)C(O)c1ccc(OC)cc1. The van der Waals surface area contributed by atoms with Crippen molar-refractivity contribution in [1.82, 2.24) is 5.32 Å². The van der Waals surface area contributed by atoms with E-state index in [-0.39, 0.29) is 12.5 Å². The molecule has 3 N–H and O–H groups in total. The lowest BCUT2D eigenvalue weighted by Crippen LogP contribution is -2.37. The highest BCUT2D eigenvalue weighted by Crippen LogP contribution is 2.22. The molecule has 6 nitrogen and oxygen atoms in total. The van der Waals surface area contributed by atoms with E-state index in [9.17, 15) is 9.90 Å². The number of methoxy groups -OCH3 is 2. The van der Waals surface area contributed by atoms with Gasteiger partial charge in [0.05, 0.1) is 19.8 Å². The second kappa shape index (κ2) is 9.33. The molecule has 0 aliphatic heterocycles. The fourth-order valence-corrected chi connectivity index (χ4v) is 2.03. The summed E-state index contributed by atoms with van der Waals surface area (Å²) in [6.45, 7) is 1.05. The van der Waals surface area contributed by atoms with Crippen molar-refractivity contribution in [2.24, 2.45) is 0 Å². The first-order valence-electron chi connectivity index (χ1n) is 6.84. The second-order valence-electron chi connectivity index (χ2n) is 4.70. The minimum absolute atomic E-state index is 0.00212. The Morgan fingerprint density at radius 2 is 1.95 bits per heavy atom. The van der Waals surface area contributed by atoms with Gasteiger partial charge >= 0.3 is 5.97 Å². The third-order valence-electron chi connectivity index (χ3n) is 3.22. The van der Waals surface area contributed by atoms with Crippen molar-refractivity contribution in [3.05, 3.63) is 29.8 Å². The lowest BCUT2D eigenvalue weighted by Gasteiger charge is -2.24. The Hall–Kier alpha value is -1.63. The summed E-state index contributed by atoms with van der Waals surface area (Å²) in [6.07, 6.45) is -0.448. The summed E-state index contributed by atoms with van der Waals surface area (Å²) in [4.78, 5) is 10.7. The first kappa shape index (κ1) is 17.4. The van der Waals surface area contributed by atoms with Gasteiger partial charge in [-0.05, 0) is 24.1 Å². The quantitative estimate of drug-likeness (QED) is 0.562. The van der Waals surface area contributed by atoms with Crippen molar-refractivity contribution >= 4 is 5.97 Å². The fourth-order valence-electron chi connectivity index (χ4n) is 2.03. The summed E-state index contributed by atoms with van der Waals surface area (Å²) in [5, 5.41) is 22.4. The molecule has 1 aromatic carbocycles. The molecule has 118 valence electrons. The van der Waals surface area contributed by atoms with Gasteiger partial charge in [-0.15, -0.1) is 0 Å². The molecule has 0 aromatic heterocycles. The molecule has 1 aromatic rings. The Bertz CT molecular complexity index is 421. The molecule has 0 bridgehead atoms. The van der Waals surface area contributed by atoms with Crippen molar-refractivity contribution < 1.29 is 24.5 Å². The summed E-state index contributed by atoms with van der Waals surface area (Å²) in [7, 11) is 3.17. The monoisotopic (exact) mass is 297 g/mol. The summed E-state index contributed by atoms with van der Waals surface area (Å²) < 4.78 is 10.0. The lowest BCUT2D eigenvalue weighted by atomic mass is 9.98. The van der Waals surface area contributed by atoms with E-state index >= 15 is 0 Å². The average Bonchev–Trinajstić information content (AvgIpc) is 2.50. The highest BCUT2D eigenvalue weighted by molar-refractivity contribution is 5.66. The van der Waals surface area contributed by atoms with Crippen LogP contribution < -0.4 is 10.1 Å². The van der Waals surface area contributed by atoms with Crippen LogP contribution in [0.4, 0.5) is 0 Å². The molecular weight excluding hydrogens is 274 g/mol. The molecule has 0 spiro atoms. The highest BCUT2D eigenvalue weighted by Gasteiger charge is 2.21. The molecular formula is C15H23NO5. The van der Waals surface area contributed by atoms with E-state index in [1.807, 2.05) is 0 Å². The number of aliphatic carboxylic acids is 1. The molecule has 1 rings (SSSR count). The Kier molecular flexibility index (Phi) is 7.74. The maximum absolute atomic E-state index is 10.7. The number of nitrogens with one attached hydrogen (secondary N) is 1. The largest absolute Gasteiger partial charge is 0.497 e. The number of aliphatic hydroxyl groups excluding tert-OH is 1. The van der Waals surface area contributed by atoms with Gasteiger partial charge in [0, 0.05) is 26.1 Å². The number of carboxylic acid groups (broad SMARTS) is 1. The van der Waals surface area contributed by atoms with Crippen LogP contribution >= 0.6 is 0 Å². The van der Waals surface area contributed by atoms with Gasteiger partial charge in [0.15, 0.2) is 0 Å². The van der Waals surface area contributed by atoms with Crippen LogP contribution in [0.2, 0.25) is 0 Å². The number of carbonyl (C=O) groups is 1. The van der Waals surface area contributed by atoms with Crippen molar-refractivity contribution in [1.29, 1.82) is 0 Å². The zero-order chi connectivity index (χ0) is 15.7. The smallest absolute Gasteiger partial charge is 0.303 e. The second-order valence-corrected chi connectivity index (χ2v) is 4.70. The summed E-state index contributed by atoms with van der Waals surface area (Å²) in [5.41, 5.74) is 0.719. The third kappa shape index (κ3) is 6.12. The number of hydrogen-bond acceptors (Lipinski definition) is 5. The Balaban J connectivity index is 2.70. The molecule has 0 heterocycles. The van der Waals surface area contributed by atoms with Crippen molar-refractivity contribution in [3.8, 4) is 5.75 Å². The van der Waals surface area contributed by atoms with Crippen LogP contribution in [0.3, 0.4) is 0 Å². The van der Waals surface area contributed by atoms with Gasteiger partial charge in [-0.25, -0.2) is 0 Å². The van der Waals surface area contributed by atoms with Crippen LogP contribution in [0, 0.1) is 0 Å². The normalized spacial score (nSPS) is 13.7. The van der Waals surface area contributed by atoms with Crippen LogP contribution in [0.15, 0.2) is 24.3 Å². The van der Waals surface area contributed by atoms with E-state index in [0.29, 0.717) is 25.3 Å². The van der Waals surface area contributed by atoms with Crippen molar-refractivity contribution in [2.45, 2.75) is 25.0 Å². The van der Waals surface area contributed by atoms with Crippen molar-refractivity contribution in [2.75, 3.05) is 27.4 Å². The molecule has 0 saturated heterocycles. The van der Waals surface area contributed by atoms with Crippen LogP contribution in [-0.2, 0) is 9.53 Å². The Labute approximate surface area is 124 Å². The number of rotatable bonds is 10. The summed E-state index contributed by atoms with van der Waals surface area (Å²) >= 11 is 0. The fraction of sp³-hybridized carbons (Fsp3) is 0.533. The van der Waals surface area contributed by atoms with Gasteiger partial charge in [0.2, 0.25) is 0 Å². The predicted octanol–water partition coefficient (Wildman–Crippen LogP) is 1.20. The van der Waals surface area contributed by atoms with Crippen LogP contribution in [0.1, 0.15) is 24.5 Å². The van der Waals surface area contributed by atoms with Gasteiger partial charge in [-0.2, -0.15) is 0 Å². The molecule has 0 radical (unpaired) electrons. The number of aliphatic hydroxyl groups is 1. The molecule has 2 atom stereocenters. The summed E-state index contributed by atoms with van der Waals surface area (Å²) in [5.74, 6) is -0.171. The first-order valence-corrected chi connectivity index (χ1v) is 6.84. The zero-order valence-electron chi connectivity index (χ0n) is 12.4. The van der Waals surface area contributed by atoms with Gasteiger partial charge < -0.3 is 25.0 Å². The van der Waals surface area contributed by atoms with Crippen molar-refractivity contribution in [3.63, 3.8) is 0 Å². The first-order chi connectivity index (χ1) is 10.1. The molecule has 0 saturated carbocycles. The van der Waals surface area contributed by atoms with Gasteiger partial charge in [-0.3, -0.25) is 4.79 Å². The standard InChI is InChI=1S/C15H23NO5/c1-20-10-9-16-13(7-8-14(17)18)15(19)11-3-5-12(21-2)6-4-11/h3-6,13,15-16,19H,7-10H2,1-2H3,(H,17,18). The van der Waals surface area contributed by atoms with Gasteiger partial charge in [0.25, 0.3) is 0 Å². The Morgan fingerprint density at radius 1 is 1.29 bits per heavy atom. The molecule has 6 heteroatoms. The third-order valence-corrected chi connectivity index (χ3v) is 3.22. The molecule has 0 aliphatic carbocycles. The summed E-state index contributed by atoms with van der Waals surface area (Å²) in [6, 6.07) is 6.73. The number of hydrogen-bond donors (Lipinski definition) is 3. The molecule has 2 unspecified atom stereocenters. The molecule has 0 amide bonds. The van der Waals surface area contributed by atoms with Crippen LogP contribution in [0.5, 0.6) is 5.75 Å². The Morgan fingerprint density at radius 3 is 2.48 bits per heavy atom. The van der Waals surface area contributed by atoms with E-state index in [1.165, 1.54) is 0 Å². The van der Waals surface area contributed by atoms with E-state index < -0.39 is 12.1 Å².